The molecule has 0 amide bonds. The predicted octanol–water partition coefficient (Wildman–Crippen LogP) is 2.52. The minimum Gasteiger partial charge on any atom is -0.461 e. The first-order valence-corrected chi connectivity index (χ1v) is 8.25. The lowest BCUT2D eigenvalue weighted by Gasteiger charge is -2.35. The van der Waals surface area contributed by atoms with Crippen LogP contribution in [0, 0.1) is 5.92 Å². The standard InChI is InChI=1S/C16H19BO3S/c1-10-14-15(17)20-16(10,11(2)21-14)8-13(18)19-9-12-6-4-3-5-7-12/h3-7,10-11,14-15H,8-9H2,1-2H3/t10-,11?,14?,15-,16-/m1/s1. The maximum absolute atomic E-state index is 12.2. The number of carbonyl (C=O) groups excluding carboxylic acids is 1. The van der Waals surface area contributed by atoms with Crippen molar-refractivity contribution in [3.63, 3.8) is 0 Å². The van der Waals surface area contributed by atoms with Crippen LogP contribution in [0.2, 0.25) is 0 Å². The molecule has 0 aliphatic carbocycles. The molecule has 0 saturated carbocycles. The summed E-state index contributed by atoms with van der Waals surface area (Å²) in [7, 11) is 6.00. The van der Waals surface area contributed by atoms with Gasteiger partial charge in [-0.25, -0.2) is 0 Å². The summed E-state index contributed by atoms with van der Waals surface area (Å²) in [6.07, 6.45) is 0.277. The summed E-state index contributed by atoms with van der Waals surface area (Å²) < 4.78 is 11.3. The van der Waals surface area contributed by atoms with Crippen LogP contribution >= 0.6 is 11.8 Å². The summed E-state index contributed by atoms with van der Waals surface area (Å²) in [5.41, 5.74) is 0.523. The van der Waals surface area contributed by atoms with Gasteiger partial charge in [-0.2, -0.15) is 11.8 Å². The topological polar surface area (TPSA) is 35.5 Å². The molecule has 110 valence electrons. The van der Waals surface area contributed by atoms with Gasteiger partial charge < -0.3 is 9.47 Å². The van der Waals surface area contributed by atoms with Crippen molar-refractivity contribution in [2.24, 2.45) is 5.92 Å². The second-order valence-corrected chi connectivity index (χ2v) is 7.42. The second kappa shape index (κ2) is 5.69. The van der Waals surface area contributed by atoms with E-state index in [4.69, 9.17) is 17.3 Å². The number of hydrogen-bond acceptors (Lipinski definition) is 4. The van der Waals surface area contributed by atoms with Crippen LogP contribution in [-0.2, 0) is 20.9 Å². The third kappa shape index (κ3) is 2.62. The molecule has 0 N–H and O–H groups in total. The highest BCUT2D eigenvalue weighted by molar-refractivity contribution is 8.01. The molecule has 0 aromatic heterocycles. The highest BCUT2D eigenvalue weighted by atomic mass is 32.2. The number of rotatable bonds is 4. The summed E-state index contributed by atoms with van der Waals surface area (Å²) in [5, 5.41) is 0.545. The number of hydrogen-bond donors (Lipinski definition) is 0. The maximum atomic E-state index is 12.2. The molecular formula is C16H19BO3S. The van der Waals surface area contributed by atoms with Crippen LogP contribution in [0.5, 0.6) is 0 Å². The number of ether oxygens (including phenoxy) is 2. The molecule has 2 aliphatic heterocycles. The Hall–Kier alpha value is -0.935. The van der Waals surface area contributed by atoms with E-state index in [-0.39, 0.29) is 34.8 Å². The van der Waals surface area contributed by atoms with Gasteiger partial charge in [0.05, 0.1) is 12.0 Å². The summed E-state index contributed by atoms with van der Waals surface area (Å²) in [5.74, 6) is 0.0599. The van der Waals surface area contributed by atoms with E-state index in [0.717, 1.165) is 5.56 Å². The summed E-state index contributed by atoms with van der Waals surface area (Å²) in [6.45, 7) is 4.54. The molecule has 2 radical (unpaired) electrons. The molecule has 2 fully saturated rings. The van der Waals surface area contributed by atoms with E-state index >= 15 is 0 Å². The minimum absolute atomic E-state index is 0.215. The van der Waals surface area contributed by atoms with Crippen LogP contribution < -0.4 is 0 Å². The van der Waals surface area contributed by atoms with Gasteiger partial charge in [-0.3, -0.25) is 4.79 Å². The zero-order chi connectivity index (χ0) is 15.0. The van der Waals surface area contributed by atoms with E-state index in [1.807, 2.05) is 42.1 Å². The smallest absolute Gasteiger partial charge is 0.309 e. The average molecular weight is 302 g/mol. The van der Waals surface area contributed by atoms with E-state index in [9.17, 15) is 4.79 Å². The Morgan fingerprint density at radius 2 is 2.10 bits per heavy atom. The van der Waals surface area contributed by atoms with Crippen molar-refractivity contribution < 1.29 is 14.3 Å². The SMILES string of the molecule is [B][C@@H]1O[C@@]2(CC(=O)OCc3ccccc3)C(C)SC1[C@H]2C. The van der Waals surface area contributed by atoms with Crippen molar-refractivity contribution in [1.29, 1.82) is 0 Å². The lowest BCUT2D eigenvalue weighted by molar-refractivity contribution is -0.153. The molecule has 1 aromatic rings. The molecular weight excluding hydrogens is 283 g/mol. The average Bonchev–Trinajstić information content (AvgIpc) is 2.84. The van der Waals surface area contributed by atoms with Gasteiger partial charge in [0.15, 0.2) is 0 Å². The van der Waals surface area contributed by atoms with Gasteiger partial charge in [-0.05, 0) is 5.56 Å². The van der Waals surface area contributed by atoms with Crippen molar-refractivity contribution in [2.45, 2.75) is 49.0 Å². The first-order valence-electron chi connectivity index (χ1n) is 7.31. The van der Waals surface area contributed by atoms with Crippen LogP contribution in [0.3, 0.4) is 0 Å². The van der Waals surface area contributed by atoms with Crippen molar-refractivity contribution in [2.75, 3.05) is 0 Å². The first kappa shape index (κ1) is 15.0. The molecule has 2 bridgehead atoms. The van der Waals surface area contributed by atoms with Gasteiger partial charge in [0.1, 0.15) is 14.5 Å². The molecule has 3 nitrogen and oxygen atoms in total. The Balaban J connectivity index is 1.62. The Bertz CT molecular complexity index is 524. The van der Waals surface area contributed by atoms with Gasteiger partial charge in [0.25, 0.3) is 0 Å². The van der Waals surface area contributed by atoms with Gasteiger partial charge in [0.2, 0.25) is 0 Å². The monoisotopic (exact) mass is 302 g/mol. The second-order valence-electron chi connectivity index (χ2n) is 5.89. The molecule has 2 aliphatic rings. The van der Waals surface area contributed by atoms with Gasteiger partial charge in [0, 0.05) is 22.4 Å². The van der Waals surface area contributed by atoms with Crippen molar-refractivity contribution >= 4 is 25.6 Å². The normalized spacial score (nSPS) is 37.6. The molecule has 3 rings (SSSR count). The molecule has 1 aromatic carbocycles. The van der Waals surface area contributed by atoms with Crippen LogP contribution in [0.25, 0.3) is 0 Å². The number of carbonyl (C=O) groups is 1. The Morgan fingerprint density at radius 3 is 2.71 bits per heavy atom. The van der Waals surface area contributed by atoms with Crippen LogP contribution in [0.1, 0.15) is 25.8 Å². The highest BCUT2D eigenvalue weighted by Gasteiger charge is 2.61. The van der Waals surface area contributed by atoms with Gasteiger partial charge >= 0.3 is 5.97 Å². The maximum Gasteiger partial charge on any atom is 0.309 e. The fourth-order valence-corrected chi connectivity index (χ4v) is 5.10. The van der Waals surface area contributed by atoms with E-state index in [1.54, 1.807) is 0 Å². The van der Waals surface area contributed by atoms with Gasteiger partial charge in [-0.15, -0.1) is 0 Å². The number of benzene rings is 1. The molecule has 2 saturated heterocycles. The van der Waals surface area contributed by atoms with Crippen molar-refractivity contribution in [1.82, 2.24) is 0 Å². The molecule has 5 atom stereocenters. The number of fused-ring (bicyclic) bond motifs is 2. The summed E-state index contributed by atoms with van der Waals surface area (Å²) in [4.78, 5) is 12.2. The largest absolute Gasteiger partial charge is 0.461 e. The molecule has 0 spiro atoms. The van der Waals surface area contributed by atoms with Crippen LogP contribution in [0.15, 0.2) is 30.3 Å². The summed E-state index contributed by atoms with van der Waals surface area (Å²) >= 11 is 1.83. The molecule has 2 unspecified atom stereocenters. The zero-order valence-electron chi connectivity index (χ0n) is 12.3. The molecule has 21 heavy (non-hydrogen) atoms. The van der Waals surface area contributed by atoms with Crippen LogP contribution in [-0.4, -0.2) is 35.9 Å². The third-order valence-corrected chi connectivity index (χ3v) is 6.45. The van der Waals surface area contributed by atoms with Gasteiger partial charge in [-0.1, -0.05) is 44.2 Å². The molecule has 5 heteroatoms. The molecule has 2 heterocycles. The fraction of sp³-hybridized carbons (Fsp3) is 0.562. The van der Waals surface area contributed by atoms with Crippen molar-refractivity contribution in [3.05, 3.63) is 35.9 Å². The quantitative estimate of drug-likeness (QED) is 0.632. The van der Waals surface area contributed by atoms with Crippen LogP contribution in [0.4, 0.5) is 0 Å². The third-order valence-electron chi connectivity index (χ3n) is 4.66. The van der Waals surface area contributed by atoms with E-state index in [1.165, 1.54) is 0 Å². The fourth-order valence-electron chi connectivity index (χ4n) is 3.36. The zero-order valence-corrected chi connectivity index (χ0v) is 13.1. The van der Waals surface area contributed by atoms with E-state index < -0.39 is 5.60 Å². The Labute approximate surface area is 131 Å². The summed E-state index contributed by atoms with van der Waals surface area (Å²) in [6, 6.07) is 9.42. The van der Waals surface area contributed by atoms with E-state index in [0.29, 0.717) is 6.61 Å². The number of thioether (sulfide) groups is 1. The first-order chi connectivity index (χ1) is 10.0. The predicted molar refractivity (Wildman–Crippen MR) is 84.2 cm³/mol. The Kier molecular flexibility index (Phi) is 4.06. The lowest BCUT2D eigenvalue weighted by Crippen LogP contribution is -2.44. The lowest BCUT2D eigenvalue weighted by atomic mass is 9.82. The minimum atomic E-state index is -0.470. The van der Waals surface area contributed by atoms with Crippen molar-refractivity contribution in [3.8, 4) is 0 Å². The van der Waals surface area contributed by atoms with E-state index in [2.05, 4.69) is 13.8 Å². The highest BCUT2D eigenvalue weighted by Crippen LogP contribution is 2.56. The number of esters is 1. The Morgan fingerprint density at radius 1 is 1.38 bits per heavy atom.